The third-order valence-corrected chi connectivity index (χ3v) is 4.27. The van der Waals surface area contributed by atoms with Crippen LogP contribution in [0.4, 0.5) is 0 Å². The molecule has 2 rings (SSSR count). The van der Waals surface area contributed by atoms with Gasteiger partial charge in [0.05, 0.1) is 12.5 Å². The molecule has 126 valence electrons. The van der Waals surface area contributed by atoms with Gasteiger partial charge < -0.3 is 14.7 Å². The summed E-state index contributed by atoms with van der Waals surface area (Å²) in [5, 5.41) is 8.88. The summed E-state index contributed by atoms with van der Waals surface area (Å²) in [5.74, 6) is -0.876. The van der Waals surface area contributed by atoms with Crippen molar-refractivity contribution in [2.24, 2.45) is 0 Å². The van der Waals surface area contributed by atoms with E-state index in [-0.39, 0.29) is 25.0 Å². The first kappa shape index (κ1) is 17.5. The molecule has 1 N–H and O–H groups in total. The van der Waals surface area contributed by atoms with E-state index in [1.54, 1.807) is 4.90 Å². The average molecular weight is 319 g/mol. The van der Waals surface area contributed by atoms with Crippen LogP contribution in [0.3, 0.4) is 0 Å². The van der Waals surface area contributed by atoms with Gasteiger partial charge in [0.2, 0.25) is 5.91 Å². The van der Waals surface area contributed by atoms with Crippen molar-refractivity contribution in [1.82, 2.24) is 4.90 Å². The molecule has 1 aliphatic rings. The number of hydrogen-bond donors (Lipinski definition) is 1. The van der Waals surface area contributed by atoms with Crippen molar-refractivity contribution >= 4 is 11.9 Å². The smallest absolute Gasteiger partial charge is 0.305 e. The number of nitrogens with zero attached hydrogens (tertiary/aromatic N) is 1. The zero-order chi connectivity index (χ0) is 16.7. The maximum absolute atomic E-state index is 12.5. The van der Waals surface area contributed by atoms with Crippen LogP contribution >= 0.6 is 0 Å². The topological polar surface area (TPSA) is 66.8 Å². The lowest BCUT2D eigenvalue weighted by atomic mass is 10.0. The first-order chi connectivity index (χ1) is 11.1. The van der Waals surface area contributed by atoms with Gasteiger partial charge in [-0.2, -0.15) is 0 Å². The third kappa shape index (κ3) is 5.67. The van der Waals surface area contributed by atoms with Gasteiger partial charge in [-0.1, -0.05) is 24.3 Å². The summed E-state index contributed by atoms with van der Waals surface area (Å²) in [7, 11) is 0. The van der Waals surface area contributed by atoms with Crippen LogP contribution in [0.5, 0.6) is 0 Å². The number of carboxylic acids is 1. The highest BCUT2D eigenvalue weighted by atomic mass is 16.5. The number of hydrogen-bond acceptors (Lipinski definition) is 3. The average Bonchev–Trinajstić information content (AvgIpc) is 3.03. The van der Waals surface area contributed by atoms with E-state index in [4.69, 9.17) is 9.84 Å². The molecule has 1 atom stereocenters. The Labute approximate surface area is 137 Å². The first-order valence-electron chi connectivity index (χ1n) is 8.22. The van der Waals surface area contributed by atoms with Crippen molar-refractivity contribution in [1.29, 1.82) is 0 Å². The highest BCUT2D eigenvalue weighted by Gasteiger charge is 2.23. The number of ether oxygens (including phenoxy) is 1. The van der Waals surface area contributed by atoms with Gasteiger partial charge in [0.15, 0.2) is 0 Å². The van der Waals surface area contributed by atoms with Gasteiger partial charge in [0.25, 0.3) is 0 Å². The van der Waals surface area contributed by atoms with E-state index in [9.17, 15) is 9.59 Å². The second-order valence-electron chi connectivity index (χ2n) is 6.05. The molecule has 0 aliphatic carbocycles. The predicted molar refractivity (Wildman–Crippen MR) is 87.3 cm³/mol. The van der Waals surface area contributed by atoms with Crippen molar-refractivity contribution in [2.75, 3.05) is 19.7 Å². The number of benzene rings is 1. The summed E-state index contributed by atoms with van der Waals surface area (Å²) in [4.78, 5) is 25.0. The molecular weight excluding hydrogens is 294 g/mol. The third-order valence-electron chi connectivity index (χ3n) is 4.27. The lowest BCUT2D eigenvalue weighted by Gasteiger charge is -2.25. The minimum absolute atomic E-state index is 0.00463. The molecule has 5 nitrogen and oxygen atoms in total. The van der Waals surface area contributed by atoms with Gasteiger partial charge in [-0.05, 0) is 37.3 Å². The molecule has 0 radical (unpaired) electrons. The van der Waals surface area contributed by atoms with E-state index in [1.165, 1.54) is 5.56 Å². The molecule has 23 heavy (non-hydrogen) atoms. The Morgan fingerprint density at radius 3 is 2.74 bits per heavy atom. The van der Waals surface area contributed by atoms with Gasteiger partial charge in [0.1, 0.15) is 0 Å². The molecule has 0 bridgehead atoms. The van der Waals surface area contributed by atoms with Gasteiger partial charge in [0, 0.05) is 26.1 Å². The van der Waals surface area contributed by atoms with Crippen molar-refractivity contribution in [3.8, 4) is 0 Å². The van der Waals surface area contributed by atoms with Crippen molar-refractivity contribution in [2.45, 2.75) is 45.1 Å². The maximum Gasteiger partial charge on any atom is 0.305 e. The summed E-state index contributed by atoms with van der Waals surface area (Å²) >= 11 is 0. The monoisotopic (exact) mass is 319 g/mol. The first-order valence-corrected chi connectivity index (χ1v) is 8.22. The highest BCUT2D eigenvalue weighted by Crippen LogP contribution is 2.15. The van der Waals surface area contributed by atoms with Crippen molar-refractivity contribution in [3.05, 3.63) is 35.4 Å². The second-order valence-corrected chi connectivity index (χ2v) is 6.05. The van der Waals surface area contributed by atoms with Gasteiger partial charge in [-0.15, -0.1) is 0 Å². The molecule has 1 unspecified atom stereocenters. The highest BCUT2D eigenvalue weighted by molar-refractivity contribution is 5.77. The van der Waals surface area contributed by atoms with Crippen LogP contribution in [0, 0.1) is 6.92 Å². The normalized spacial score (nSPS) is 17.2. The van der Waals surface area contributed by atoms with E-state index in [2.05, 4.69) is 0 Å². The minimum Gasteiger partial charge on any atom is -0.481 e. The van der Waals surface area contributed by atoms with E-state index in [1.807, 2.05) is 31.2 Å². The Morgan fingerprint density at radius 2 is 2.09 bits per heavy atom. The molecule has 0 saturated carbocycles. The number of carboxylic acid groups (broad SMARTS) is 1. The van der Waals surface area contributed by atoms with Crippen LogP contribution in [-0.4, -0.2) is 47.7 Å². The van der Waals surface area contributed by atoms with Crippen molar-refractivity contribution in [3.63, 3.8) is 0 Å². The summed E-state index contributed by atoms with van der Waals surface area (Å²) < 4.78 is 5.58. The molecule has 1 fully saturated rings. The molecule has 0 spiro atoms. The Bertz CT molecular complexity index is 538. The van der Waals surface area contributed by atoms with Gasteiger partial charge in [-0.3, -0.25) is 9.59 Å². The zero-order valence-corrected chi connectivity index (χ0v) is 13.7. The minimum atomic E-state index is -0.881. The fourth-order valence-electron chi connectivity index (χ4n) is 2.87. The summed E-state index contributed by atoms with van der Waals surface area (Å²) in [6.45, 7) is 3.52. The summed E-state index contributed by atoms with van der Waals surface area (Å²) in [6.07, 6.45) is 3.05. The molecule has 1 aliphatic heterocycles. The fourth-order valence-corrected chi connectivity index (χ4v) is 2.87. The van der Waals surface area contributed by atoms with Crippen LogP contribution < -0.4 is 0 Å². The second kappa shape index (κ2) is 8.67. The van der Waals surface area contributed by atoms with E-state index in [0.29, 0.717) is 19.4 Å². The molecule has 1 amide bonds. The maximum atomic E-state index is 12.5. The van der Waals surface area contributed by atoms with E-state index in [0.717, 1.165) is 25.0 Å². The number of rotatable bonds is 8. The van der Waals surface area contributed by atoms with Crippen LogP contribution in [0.2, 0.25) is 0 Å². The zero-order valence-electron chi connectivity index (χ0n) is 13.7. The van der Waals surface area contributed by atoms with Crippen molar-refractivity contribution < 1.29 is 19.4 Å². The van der Waals surface area contributed by atoms with Crippen LogP contribution in [-0.2, 0) is 20.7 Å². The number of amides is 1. The molecular formula is C18H25NO4. The number of carbonyl (C=O) groups excluding carboxylic acids is 1. The van der Waals surface area contributed by atoms with Crippen LogP contribution in [0.1, 0.15) is 36.8 Å². The van der Waals surface area contributed by atoms with Crippen LogP contribution in [0.25, 0.3) is 0 Å². The largest absolute Gasteiger partial charge is 0.481 e. The quantitative estimate of drug-likeness (QED) is 0.799. The molecule has 1 aromatic carbocycles. The standard InChI is InChI=1S/C18H25NO4/c1-14-5-2-3-6-15(14)8-9-17(20)19(11-10-18(21)22)13-16-7-4-12-23-16/h2-3,5-6,16H,4,7-13H2,1H3,(H,21,22). The Balaban J connectivity index is 1.91. The SMILES string of the molecule is Cc1ccccc1CCC(=O)N(CCC(=O)O)CC1CCCO1. The fraction of sp³-hybridized carbons (Fsp3) is 0.556. The molecule has 5 heteroatoms. The molecule has 1 aromatic rings. The van der Waals surface area contributed by atoms with Gasteiger partial charge in [-0.25, -0.2) is 0 Å². The predicted octanol–water partition coefficient (Wildman–Crippen LogP) is 2.41. The van der Waals surface area contributed by atoms with E-state index < -0.39 is 5.97 Å². The number of aliphatic carboxylic acids is 1. The lowest BCUT2D eigenvalue weighted by molar-refractivity contribution is -0.139. The van der Waals surface area contributed by atoms with Crippen LogP contribution in [0.15, 0.2) is 24.3 Å². The van der Waals surface area contributed by atoms with E-state index >= 15 is 0 Å². The van der Waals surface area contributed by atoms with Gasteiger partial charge >= 0.3 is 5.97 Å². The molecule has 1 heterocycles. The Morgan fingerprint density at radius 1 is 1.30 bits per heavy atom. The number of carbonyl (C=O) groups is 2. The summed E-state index contributed by atoms with van der Waals surface area (Å²) in [6, 6.07) is 8.03. The molecule has 0 aromatic heterocycles. The number of aryl methyl sites for hydroxylation is 2. The Kier molecular flexibility index (Phi) is 6.59. The Hall–Kier alpha value is -1.88. The molecule has 1 saturated heterocycles. The lowest BCUT2D eigenvalue weighted by Crippen LogP contribution is -2.38. The summed E-state index contributed by atoms with van der Waals surface area (Å²) in [5.41, 5.74) is 2.34.